The lowest BCUT2D eigenvalue weighted by Gasteiger charge is -2.69. The molecule has 2 amide bonds. The second kappa shape index (κ2) is 8.30. The van der Waals surface area contributed by atoms with Gasteiger partial charge in [0, 0.05) is 23.2 Å². The van der Waals surface area contributed by atoms with Crippen molar-refractivity contribution in [1.82, 2.24) is 10.6 Å². The molecule has 164 valence electrons. The highest BCUT2D eigenvalue weighted by molar-refractivity contribution is 6.30. The first kappa shape index (κ1) is 21.9. The third-order valence-corrected chi connectivity index (χ3v) is 6.45. The molecule has 5 rings (SSSR count). The summed E-state index contributed by atoms with van der Waals surface area (Å²) in [6.07, 6.45) is 0.815. The van der Waals surface area contributed by atoms with Crippen molar-refractivity contribution in [3.8, 4) is 5.75 Å². The van der Waals surface area contributed by atoms with Crippen LogP contribution in [0.1, 0.15) is 30.9 Å². The highest BCUT2D eigenvalue weighted by atomic mass is 35.5. The Bertz CT molecular complexity index is 995. The molecule has 9 heteroatoms. The minimum Gasteiger partial charge on any atom is -0.484 e. The van der Waals surface area contributed by atoms with Gasteiger partial charge >= 0.3 is 0 Å². The first-order chi connectivity index (χ1) is 14.7. The van der Waals surface area contributed by atoms with Crippen molar-refractivity contribution in [3.63, 3.8) is 0 Å². The Kier molecular flexibility index (Phi) is 5.85. The first-order valence-electron chi connectivity index (χ1n) is 9.81. The van der Waals surface area contributed by atoms with E-state index in [0.717, 1.165) is 6.07 Å². The molecule has 3 saturated carbocycles. The average molecular weight is 467 g/mol. The summed E-state index contributed by atoms with van der Waals surface area (Å²) in [5.41, 5.74) is -0.211. The molecular formula is C22H21Cl2FN2O4. The number of rotatable bonds is 8. The molecule has 3 N–H and O–H groups in total. The maximum atomic E-state index is 13.4. The van der Waals surface area contributed by atoms with E-state index in [1.54, 1.807) is 24.3 Å². The molecule has 0 heterocycles. The van der Waals surface area contributed by atoms with Gasteiger partial charge in [-0.05, 0) is 49.1 Å². The predicted octanol–water partition coefficient (Wildman–Crippen LogP) is 3.40. The van der Waals surface area contributed by atoms with Gasteiger partial charge in [0.05, 0.1) is 16.5 Å². The van der Waals surface area contributed by atoms with Crippen LogP contribution in [0.15, 0.2) is 42.5 Å². The molecule has 1 atom stereocenters. The third kappa shape index (κ3) is 4.49. The van der Waals surface area contributed by atoms with Crippen molar-refractivity contribution in [2.24, 2.45) is 5.41 Å². The van der Waals surface area contributed by atoms with Crippen molar-refractivity contribution in [2.75, 3.05) is 13.2 Å². The molecule has 2 aromatic rings. The zero-order chi connectivity index (χ0) is 22.2. The van der Waals surface area contributed by atoms with Gasteiger partial charge in [-0.2, -0.15) is 0 Å². The van der Waals surface area contributed by atoms with E-state index < -0.39 is 22.9 Å². The quantitative estimate of drug-likeness (QED) is 0.556. The van der Waals surface area contributed by atoms with Gasteiger partial charge in [-0.1, -0.05) is 35.3 Å². The Morgan fingerprint density at radius 2 is 1.81 bits per heavy atom. The van der Waals surface area contributed by atoms with Gasteiger partial charge in [-0.25, -0.2) is 4.39 Å². The average Bonchev–Trinajstić information content (AvgIpc) is 2.69. The van der Waals surface area contributed by atoms with E-state index in [0.29, 0.717) is 29.8 Å². The van der Waals surface area contributed by atoms with Crippen molar-refractivity contribution in [3.05, 3.63) is 63.9 Å². The number of aliphatic hydroxyl groups is 1. The topological polar surface area (TPSA) is 87.7 Å². The summed E-state index contributed by atoms with van der Waals surface area (Å²) in [7, 11) is 0. The smallest absolute Gasteiger partial charge is 0.258 e. The second-order valence-corrected chi connectivity index (χ2v) is 9.12. The molecule has 0 radical (unpaired) electrons. The lowest BCUT2D eigenvalue weighted by Crippen LogP contribution is -2.78. The Labute approximate surface area is 188 Å². The van der Waals surface area contributed by atoms with Crippen LogP contribution in [0.2, 0.25) is 10.0 Å². The van der Waals surface area contributed by atoms with Gasteiger partial charge in [-0.15, -0.1) is 0 Å². The number of hydrogen-bond donors (Lipinski definition) is 3. The van der Waals surface area contributed by atoms with Gasteiger partial charge in [0.2, 0.25) is 5.91 Å². The van der Waals surface area contributed by atoms with Gasteiger partial charge < -0.3 is 20.5 Å². The number of nitrogens with one attached hydrogen (secondary N) is 2. The minimum absolute atomic E-state index is 0.0186. The van der Waals surface area contributed by atoms with Gasteiger partial charge in [-0.3, -0.25) is 9.59 Å². The number of hydrogen-bond acceptors (Lipinski definition) is 4. The van der Waals surface area contributed by atoms with Crippen molar-refractivity contribution >= 4 is 35.0 Å². The molecule has 0 aromatic heterocycles. The van der Waals surface area contributed by atoms with E-state index in [9.17, 15) is 19.1 Å². The van der Waals surface area contributed by atoms with Crippen molar-refractivity contribution < 1.29 is 23.8 Å². The molecule has 2 aromatic carbocycles. The lowest BCUT2D eigenvalue weighted by atomic mass is 9.39. The van der Waals surface area contributed by atoms with Crippen LogP contribution < -0.4 is 15.4 Å². The maximum absolute atomic E-state index is 13.4. The maximum Gasteiger partial charge on any atom is 0.258 e. The van der Waals surface area contributed by atoms with E-state index in [4.69, 9.17) is 27.9 Å². The van der Waals surface area contributed by atoms with Crippen molar-refractivity contribution in [2.45, 2.75) is 30.9 Å². The van der Waals surface area contributed by atoms with Gasteiger partial charge in [0.15, 0.2) is 6.61 Å². The highest BCUT2D eigenvalue weighted by Gasteiger charge is 2.72. The molecule has 0 spiro atoms. The molecule has 3 fully saturated rings. The Morgan fingerprint density at radius 1 is 1.13 bits per heavy atom. The summed E-state index contributed by atoms with van der Waals surface area (Å²) in [6, 6.07) is 10.8. The number of carbonyl (C=O) groups excluding carboxylic acids is 2. The first-order valence-corrected chi connectivity index (χ1v) is 10.6. The molecule has 6 nitrogen and oxygen atoms in total. The SMILES string of the molecule is O=C(COc1ccc(Cl)c(F)c1)NC12CC(C(=O)NC[C@@H](O)c3ccc(Cl)cc3)(C1)C2. The van der Waals surface area contributed by atoms with Crippen LogP contribution in [0.25, 0.3) is 0 Å². The Morgan fingerprint density at radius 3 is 2.45 bits per heavy atom. The molecule has 0 unspecified atom stereocenters. The van der Waals surface area contributed by atoms with Crippen LogP contribution in [-0.2, 0) is 9.59 Å². The Hall–Kier alpha value is -2.35. The molecule has 0 saturated heterocycles. The fourth-order valence-corrected chi connectivity index (χ4v) is 4.63. The second-order valence-electron chi connectivity index (χ2n) is 8.28. The minimum atomic E-state index is -0.822. The van der Waals surface area contributed by atoms with Crippen LogP contribution in [-0.4, -0.2) is 35.6 Å². The van der Waals surface area contributed by atoms with Crippen LogP contribution in [0.4, 0.5) is 4.39 Å². The third-order valence-electron chi connectivity index (χ3n) is 5.89. The number of halogens is 3. The number of aliphatic hydroxyl groups excluding tert-OH is 1. The summed E-state index contributed by atoms with van der Waals surface area (Å²) >= 11 is 11.5. The van der Waals surface area contributed by atoms with E-state index >= 15 is 0 Å². The van der Waals surface area contributed by atoms with E-state index in [-0.39, 0.29) is 35.7 Å². The number of carbonyl (C=O) groups is 2. The van der Waals surface area contributed by atoms with Crippen LogP contribution in [0, 0.1) is 11.2 Å². The summed E-state index contributed by atoms with van der Waals surface area (Å²) in [4.78, 5) is 24.7. The molecule has 3 aliphatic rings. The standard InChI is InChI=1S/C22H21Cl2FN2O4/c23-14-3-1-13(2-4-14)18(28)8-26-20(30)21-10-22(11-21,12-21)27-19(29)9-31-15-5-6-16(24)17(25)7-15/h1-7,18,28H,8-12H2,(H,26,30)(H,27,29)/t18-,21?,22?/m1/s1. The zero-order valence-electron chi connectivity index (χ0n) is 16.5. The van der Waals surface area contributed by atoms with E-state index in [1.165, 1.54) is 12.1 Å². The summed E-state index contributed by atoms with van der Waals surface area (Å²) in [6.45, 7) is -0.150. The lowest BCUT2D eigenvalue weighted by molar-refractivity contribution is -0.184. The summed E-state index contributed by atoms with van der Waals surface area (Å²) in [5.74, 6) is -0.857. The van der Waals surface area contributed by atoms with Gasteiger partial charge in [0.25, 0.3) is 5.91 Å². The van der Waals surface area contributed by atoms with Crippen molar-refractivity contribution in [1.29, 1.82) is 0 Å². The number of benzene rings is 2. The molecular weight excluding hydrogens is 446 g/mol. The number of ether oxygens (including phenoxy) is 1. The van der Waals surface area contributed by atoms with E-state index in [2.05, 4.69) is 10.6 Å². The fourth-order valence-electron chi connectivity index (χ4n) is 4.39. The van der Waals surface area contributed by atoms with E-state index in [1.807, 2.05) is 0 Å². The molecule has 31 heavy (non-hydrogen) atoms. The molecule has 0 aliphatic heterocycles. The van der Waals surface area contributed by atoms with Crippen LogP contribution in [0.3, 0.4) is 0 Å². The number of amides is 2. The summed E-state index contributed by atoms with van der Waals surface area (Å²) < 4.78 is 18.7. The normalized spacial score (nSPS) is 24.4. The molecule has 2 bridgehead atoms. The van der Waals surface area contributed by atoms with Crippen LogP contribution >= 0.6 is 23.2 Å². The Balaban J connectivity index is 1.20. The predicted molar refractivity (Wildman–Crippen MR) is 113 cm³/mol. The zero-order valence-corrected chi connectivity index (χ0v) is 18.0. The highest BCUT2D eigenvalue weighted by Crippen LogP contribution is 2.67. The van der Waals surface area contributed by atoms with Crippen LogP contribution in [0.5, 0.6) is 5.75 Å². The fraction of sp³-hybridized carbons (Fsp3) is 0.364. The summed E-state index contributed by atoms with van der Waals surface area (Å²) in [5, 5.41) is 16.5. The van der Waals surface area contributed by atoms with Gasteiger partial charge in [0.1, 0.15) is 11.6 Å². The molecule has 3 aliphatic carbocycles. The monoisotopic (exact) mass is 466 g/mol. The largest absolute Gasteiger partial charge is 0.484 e.